The zero-order valence-electron chi connectivity index (χ0n) is 11.1. The Kier molecular flexibility index (Phi) is 4.18. The first-order valence-electron chi connectivity index (χ1n) is 6.53. The van der Waals surface area contributed by atoms with Crippen molar-refractivity contribution in [3.63, 3.8) is 0 Å². The highest BCUT2D eigenvalue weighted by Gasteiger charge is 2.22. The van der Waals surface area contributed by atoms with Crippen LogP contribution in [0.1, 0.15) is 44.6 Å². The lowest BCUT2D eigenvalue weighted by molar-refractivity contribution is 0.139. The summed E-state index contributed by atoms with van der Waals surface area (Å²) in [4.78, 5) is 2.36. The second-order valence-electron chi connectivity index (χ2n) is 5.32. The van der Waals surface area contributed by atoms with Crippen molar-refractivity contribution in [2.45, 2.75) is 58.3 Å². The third-order valence-electron chi connectivity index (χ3n) is 3.40. The average molecular weight is 237 g/mol. The highest BCUT2D eigenvalue weighted by molar-refractivity contribution is 5.05. The Morgan fingerprint density at radius 1 is 1.53 bits per heavy atom. The van der Waals surface area contributed by atoms with Crippen LogP contribution in [0.4, 0.5) is 0 Å². The Bertz CT molecular complexity index is 344. The molecule has 1 fully saturated rings. The standard InChI is InChI=1S/C13H23N3O/c1-10(2)14-8-11-7-13(17-15-11)9-16(3)12-5-4-6-12/h7,10,12,14H,4-6,8-9H2,1-3H3. The zero-order chi connectivity index (χ0) is 12.3. The number of aromatic nitrogens is 1. The topological polar surface area (TPSA) is 41.3 Å². The van der Waals surface area contributed by atoms with Gasteiger partial charge in [0.05, 0.1) is 12.2 Å². The summed E-state index contributed by atoms with van der Waals surface area (Å²) in [5.41, 5.74) is 0.996. The summed E-state index contributed by atoms with van der Waals surface area (Å²) in [6.07, 6.45) is 4.02. The van der Waals surface area contributed by atoms with Crippen molar-refractivity contribution in [1.29, 1.82) is 0 Å². The fraction of sp³-hybridized carbons (Fsp3) is 0.769. The molecule has 17 heavy (non-hydrogen) atoms. The second-order valence-corrected chi connectivity index (χ2v) is 5.32. The summed E-state index contributed by atoms with van der Waals surface area (Å²) in [6.45, 7) is 5.92. The van der Waals surface area contributed by atoms with Crippen LogP contribution in [-0.4, -0.2) is 29.2 Å². The van der Waals surface area contributed by atoms with Gasteiger partial charge in [0.2, 0.25) is 0 Å². The largest absolute Gasteiger partial charge is 0.360 e. The molecule has 0 atom stereocenters. The van der Waals surface area contributed by atoms with E-state index >= 15 is 0 Å². The first-order valence-corrected chi connectivity index (χ1v) is 6.53. The van der Waals surface area contributed by atoms with E-state index in [4.69, 9.17) is 4.52 Å². The van der Waals surface area contributed by atoms with Gasteiger partial charge in [-0.3, -0.25) is 4.90 Å². The maximum Gasteiger partial charge on any atom is 0.151 e. The second kappa shape index (κ2) is 5.65. The van der Waals surface area contributed by atoms with E-state index in [0.29, 0.717) is 6.04 Å². The van der Waals surface area contributed by atoms with Crippen molar-refractivity contribution in [3.05, 3.63) is 17.5 Å². The zero-order valence-corrected chi connectivity index (χ0v) is 11.1. The summed E-state index contributed by atoms with van der Waals surface area (Å²) in [6, 6.07) is 3.29. The van der Waals surface area contributed by atoms with E-state index in [1.165, 1.54) is 19.3 Å². The fourth-order valence-electron chi connectivity index (χ4n) is 2.02. The van der Waals surface area contributed by atoms with Crippen LogP contribution in [0.5, 0.6) is 0 Å². The fourth-order valence-corrected chi connectivity index (χ4v) is 2.02. The molecule has 1 aliphatic rings. The van der Waals surface area contributed by atoms with Gasteiger partial charge in [0.15, 0.2) is 5.76 Å². The first-order chi connectivity index (χ1) is 8.15. The molecule has 1 N–H and O–H groups in total. The van der Waals surface area contributed by atoms with Gasteiger partial charge in [-0.2, -0.15) is 0 Å². The van der Waals surface area contributed by atoms with Crippen LogP contribution in [0, 0.1) is 0 Å². The van der Waals surface area contributed by atoms with Gasteiger partial charge in [-0.25, -0.2) is 0 Å². The molecule has 0 aliphatic heterocycles. The lowest BCUT2D eigenvalue weighted by Crippen LogP contribution is -2.36. The van der Waals surface area contributed by atoms with Gasteiger partial charge < -0.3 is 9.84 Å². The molecule has 1 heterocycles. The van der Waals surface area contributed by atoms with Crippen LogP contribution in [0.3, 0.4) is 0 Å². The third-order valence-corrected chi connectivity index (χ3v) is 3.40. The molecule has 0 amide bonds. The Hall–Kier alpha value is -0.870. The predicted octanol–water partition coefficient (Wildman–Crippen LogP) is 2.16. The Balaban J connectivity index is 1.80. The van der Waals surface area contributed by atoms with Crippen LogP contribution in [-0.2, 0) is 13.1 Å². The molecule has 0 radical (unpaired) electrons. The number of hydrogen-bond donors (Lipinski definition) is 1. The van der Waals surface area contributed by atoms with E-state index < -0.39 is 0 Å². The monoisotopic (exact) mass is 237 g/mol. The van der Waals surface area contributed by atoms with Crippen molar-refractivity contribution >= 4 is 0 Å². The Labute approximate surface area is 103 Å². The van der Waals surface area contributed by atoms with Crippen molar-refractivity contribution in [2.24, 2.45) is 0 Å². The summed E-state index contributed by atoms with van der Waals surface area (Å²) in [5.74, 6) is 0.972. The van der Waals surface area contributed by atoms with Gasteiger partial charge >= 0.3 is 0 Å². The van der Waals surface area contributed by atoms with E-state index in [9.17, 15) is 0 Å². The van der Waals surface area contributed by atoms with E-state index in [0.717, 1.165) is 30.6 Å². The molecule has 1 saturated carbocycles. The van der Waals surface area contributed by atoms with Crippen LogP contribution in [0.25, 0.3) is 0 Å². The first kappa shape index (κ1) is 12.6. The molecule has 0 aromatic carbocycles. The van der Waals surface area contributed by atoms with E-state index in [-0.39, 0.29) is 0 Å². The van der Waals surface area contributed by atoms with Gasteiger partial charge in [-0.05, 0) is 19.9 Å². The van der Waals surface area contributed by atoms with Gasteiger partial charge in [0.25, 0.3) is 0 Å². The molecule has 96 valence electrons. The lowest BCUT2D eigenvalue weighted by atomic mass is 9.92. The van der Waals surface area contributed by atoms with E-state index in [1.54, 1.807) is 0 Å². The van der Waals surface area contributed by atoms with Crippen molar-refractivity contribution in [1.82, 2.24) is 15.4 Å². The maximum atomic E-state index is 5.35. The number of nitrogens with one attached hydrogen (secondary N) is 1. The SMILES string of the molecule is CC(C)NCc1cc(CN(C)C2CCC2)on1. The molecule has 0 spiro atoms. The molecule has 1 aromatic heterocycles. The molecule has 1 aliphatic carbocycles. The molecular formula is C13H23N3O. The quantitative estimate of drug-likeness (QED) is 0.823. The molecule has 0 unspecified atom stereocenters. The van der Waals surface area contributed by atoms with Crippen LogP contribution >= 0.6 is 0 Å². The average Bonchev–Trinajstić information content (AvgIpc) is 2.59. The molecule has 0 bridgehead atoms. The summed E-state index contributed by atoms with van der Waals surface area (Å²) < 4.78 is 5.35. The van der Waals surface area contributed by atoms with Gasteiger partial charge in [0, 0.05) is 24.7 Å². The van der Waals surface area contributed by atoms with Crippen LogP contribution in [0.2, 0.25) is 0 Å². The molecule has 1 aromatic rings. The predicted molar refractivity (Wildman–Crippen MR) is 67.6 cm³/mol. The molecule has 2 rings (SSSR count). The van der Waals surface area contributed by atoms with Gasteiger partial charge in [0.1, 0.15) is 0 Å². The van der Waals surface area contributed by atoms with Gasteiger partial charge in [-0.15, -0.1) is 0 Å². The minimum absolute atomic E-state index is 0.479. The number of nitrogens with zero attached hydrogens (tertiary/aromatic N) is 2. The van der Waals surface area contributed by atoms with Crippen molar-refractivity contribution in [3.8, 4) is 0 Å². The third kappa shape index (κ3) is 3.54. The smallest absolute Gasteiger partial charge is 0.151 e. The number of rotatable bonds is 6. The summed E-state index contributed by atoms with van der Waals surface area (Å²) >= 11 is 0. The minimum atomic E-state index is 0.479. The van der Waals surface area contributed by atoms with E-state index in [1.807, 2.05) is 0 Å². The lowest BCUT2D eigenvalue weighted by Gasteiger charge is -2.33. The molecule has 0 saturated heterocycles. The maximum absolute atomic E-state index is 5.35. The molecule has 4 nitrogen and oxygen atoms in total. The van der Waals surface area contributed by atoms with Crippen molar-refractivity contribution in [2.75, 3.05) is 7.05 Å². The molecule has 4 heteroatoms. The van der Waals surface area contributed by atoms with Crippen LogP contribution in [0.15, 0.2) is 10.6 Å². The summed E-state index contributed by atoms with van der Waals surface area (Å²) in [5, 5.41) is 7.42. The van der Waals surface area contributed by atoms with Gasteiger partial charge in [-0.1, -0.05) is 25.4 Å². The molecular weight excluding hydrogens is 214 g/mol. The van der Waals surface area contributed by atoms with E-state index in [2.05, 4.69) is 42.3 Å². The van der Waals surface area contributed by atoms with Crippen LogP contribution < -0.4 is 5.32 Å². The Morgan fingerprint density at radius 2 is 2.29 bits per heavy atom. The number of hydrogen-bond acceptors (Lipinski definition) is 4. The highest BCUT2D eigenvalue weighted by atomic mass is 16.5. The normalized spacial score (nSPS) is 16.8. The Morgan fingerprint density at radius 3 is 2.88 bits per heavy atom. The van der Waals surface area contributed by atoms with Crippen molar-refractivity contribution < 1.29 is 4.52 Å². The highest BCUT2D eigenvalue weighted by Crippen LogP contribution is 2.24. The minimum Gasteiger partial charge on any atom is -0.360 e. The summed E-state index contributed by atoms with van der Waals surface area (Å²) in [7, 11) is 2.17.